The predicted octanol–water partition coefficient (Wildman–Crippen LogP) is 1.09. The Morgan fingerprint density at radius 3 is 3.00 bits per heavy atom. The summed E-state index contributed by atoms with van der Waals surface area (Å²) in [6, 6.07) is 1.98. The molecule has 14 heavy (non-hydrogen) atoms. The minimum Gasteiger partial charge on any atom is -0.384 e. The molecule has 5 heteroatoms. The summed E-state index contributed by atoms with van der Waals surface area (Å²) in [4.78, 5) is 7.99. The number of hydrogen-bond acceptors (Lipinski definition) is 4. The number of nitrogens with one attached hydrogen (secondary N) is 1. The van der Waals surface area contributed by atoms with Gasteiger partial charge in [0.25, 0.3) is 0 Å². The molecule has 0 aliphatic rings. The maximum absolute atomic E-state index is 4.11. The van der Waals surface area contributed by atoms with Crippen LogP contribution in [0.2, 0.25) is 0 Å². The van der Waals surface area contributed by atoms with Crippen LogP contribution in [0.3, 0.4) is 0 Å². The molecule has 2 aromatic heterocycles. The number of nitrogens with zero attached hydrogens (tertiary/aromatic N) is 4. The van der Waals surface area contributed by atoms with E-state index in [4.69, 9.17) is 0 Å². The van der Waals surface area contributed by atoms with E-state index in [1.165, 1.54) is 6.33 Å². The molecule has 0 aliphatic heterocycles. The lowest BCUT2D eigenvalue weighted by atomic mass is 10.3. The molecule has 0 saturated carbocycles. The highest BCUT2D eigenvalue weighted by Crippen LogP contribution is 2.10. The van der Waals surface area contributed by atoms with Gasteiger partial charge in [0.05, 0.1) is 23.8 Å². The molecule has 0 amide bonds. The lowest BCUT2D eigenvalue weighted by Gasteiger charge is -2.04. The van der Waals surface area contributed by atoms with Gasteiger partial charge in [-0.3, -0.25) is 4.98 Å². The van der Waals surface area contributed by atoms with Crippen molar-refractivity contribution in [1.29, 1.82) is 0 Å². The Bertz CT molecular complexity index is 395. The number of anilines is 1. The van der Waals surface area contributed by atoms with Gasteiger partial charge >= 0.3 is 0 Å². The summed E-state index contributed by atoms with van der Waals surface area (Å²) in [7, 11) is 0. The molecular weight excluding hydrogens is 178 g/mol. The molecule has 0 unspecified atom stereocenters. The average Bonchev–Trinajstić information content (AvgIpc) is 2.71. The standard InChI is InChI=1S/C9H11N5/c1-2-12-8-3-9(5-10-4-8)14-7-11-6-13-14/h3-7,12H,2H2,1H3. The van der Waals surface area contributed by atoms with Gasteiger partial charge in [-0.05, 0) is 13.0 Å². The Balaban J connectivity index is 2.31. The second-order valence-corrected chi connectivity index (χ2v) is 2.80. The zero-order chi connectivity index (χ0) is 9.80. The van der Waals surface area contributed by atoms with Gasteiger partial charge in [-0.25, -0.2) is 9.67 Å². The molecule has 0 radical (unpaired) electrons. The molecule has 5 nitrogen and oxygen atoms in total. The maximum atomic E-state index is 4.11. The van der Waals surface area contributed by atoms with Crippen LogP contribution in [0.1, 0.15) is 6.92 Å². The molecule has 2 aromatic rings. The quantitative estimate of drug-likeness (QED) is 0.785. The zero-order valence-electron chi connectivity index (χ0n) is 7.88. The first kappa shape index (κ1) is 8.68. The Morgan fingerprint density at radius 1 is 1.36 bits per heavy atom. The number of aromatic nitrogens is 4. The second-order valence-electron chi connectivity index (χ2n) is 2.80. The van der Waals surface area contributed by atoms with Crippen LogP contribution in [0.4, 0.5) is 5.69 Å². The maximum Gasteiger partial charge on any atom is 0.138 e. The Hall–Kier alpha value is -1.91. The van der Waals surface area contributed by atoms with Crippen molar-refractivity contribution in [2.75, 3.05) is 11.9 Å². The molecule has 0 aliphatic carbocycles. The normalized spacial score (nSPS) is 10.1. The Kier molecular flexibility index (Phi) is 2.40. The van der Waals surface area contributed by atoms with Crippen LogP contribution in [0, 0.1) is 0 Å². The predicted molar refractivity (Wildman–Crippen MR) is 53.3 cm³/mol. The summed E-state index contributed by atoms with van der Waals surface area (Å²) in [5, 5.41) is 7.21. The number of pyridine rings is 1. The van der Waals surface area contributed by atoms with Gasteiger partial charge in [0.15, 0.2) is 0 Å². The van der Waals surface area contributed by atoms with E-state index in [1.807, 2.05) is 13.0 Å². The summed E-state index contributed by atoms with van der Waals surface area (Å²) in [6.07, 6.45) is 6.67. The van der Waals surface area contributed by atoms with E-state index >= 15 is 0 Å². The van der Waals surface area contributed by atoms with Crippen molar-refractivity contribution in [3.8, 4) is 5.69 Å². The van der Waals surface area contributed by atoms with Gasteiger partial charge in [-0.15, -0.1) is 0 Å². The van der Waals surface area contributed by atoms with Crippen molar-refractivity contribution in [2.24, 2.45) is 0 Å². The third-order valence-corrected chi connectivity index (χ3v) is 1.79. The van der Waals surface area contributed by atoms with Gasteiger partial charge < -0.3 is 5.32 Å². The average molecular weight is 189 g/mol. The SMILES string of the molecule is CCNc1cncc(-n2cncn2)c1. The van der Waals surface area contributed by atoms with Gasteiger partial charge in [0.1, 0.15) is 12.7 Å². The highest BCUT2D eigenvalue weighted by molar-refractivity contribution is 5.47. The number of hydrogen-bond donors (Lipinski definition) is 1. The van der Waals surface area contributed by atoms with Gasteiger partial charge in [0, 0.05) is 6.54 Å². The smallest absolute Gasteiger partial charge is 0.138 e. The monoisotopic (exact) mass is 189 g/mol. The van der Waals surface area contributed by atoms with Crippen LogP contribution in [0.5, 0.6) is 0 Å². The van der Waals surface area contributed by atoms with Crippen molar-refractivity contribution in [1.82, 2.24) is 19.7 Å². The number of rotatable bonds is 3. The Morgan fingerprint density at radius 2 is 2.29 bits per heavy atom. The third kappa shape index (κ3) is 1.71. The fraction of sp³-hybridized carbons (Fsp3) is 0.222. The van der Waals surface area contributed by atoms with Gasteiger partial charge in [-0.2, -0.15) is 5.10 Å². The molecule has 0 spiro atoms. The topological polar surface area (TPSA) is 55.6 Å². The first-order chi connectivity index (χ1) is 6.90. The Labute approximate surface area is 81.8 Å². The van der Waals surface area contributed by atoms with Crippen molar-refractivity contribution < 1.29 is 0 Å². The van der Waals surface area contributed by atoms with E-state index in [2.05, 4.69) is 20.4 Å². The fourth-order valence-corrected chi connectivity index (χ4v) is 1.20. The molecule has 1 N–H and O–H groups in total. The van der Waals surface area contributed by atoms with E-state index in [0.717, 1.165) is 17.9 Å². The molecule has 0 atom stereocenters. The molecule has 0 bridgehead atoms. The van der Waals surface area contributed by atoms with E-state index in [9.17, 15) is 0 Å². The summed E-state index contributed by atoms with van der Waals surface area (Å²) >= 11 is 0. The van der Waals surface area contributed by atoms with Gasteiger partial charge in [-0.1, -0.05) is 0 Å². The molecule has 0 saturated heterocycles. The van der Waals surface area contributed by atoms with Crippen molar-refractivity contribution in [3.05, 3.63) is 31.1 Å². The van der Waals surface area contributed by atoms with E-state index < -0.39 is 0 Å². The summed E-state index contributed by atoms with van der Waals surface area (Å²) in [5.74, 6) is 0. The summed E-state index contributed by atoms with van der Waals surface area (Å²) < 4.78 is 1.67. The lowest BCUT2D eigenvalue weighted by Crippen LogP contribution is -2.00. The van der Waals surface area contributed by atoms with E-state index in [0.29, 0.717) is 0 Å². The first-order valence-electron chi connectivity index (χ1n) is 4.44. The van der Waals surface area contributed by atoms with Crippen LogP contribution >= 0.6 is 0 Å². The van der Waals surface area contributed by atoms with Crippen molar-refractivity contribution in [2.45, 2.75) is 6.92 Å². The minimum atomic E-state index is 0.877. The van der Waals surface area contributed by atoms with Crippen LogP contribution in [-0.4, -0.2) is 26.3 Å². The third-order valence-electron chi connectivity index (χ3n) is 1.79. The molecular formula is C9H11N5. The molecule has 2 heterocycles. The molecule has 0 aromatic carbocycles. The van der Waals surface area contributed by atoms with Gasteiger partial charge in [0.2, 0.25) is 0 Å². The minimum absolute atomic E-state index is 0.877. The van der Waals surface area contributed by atoms with E-state index in [1.54, 1.807) is 23.4 Å². The van der Waals surface area contributed by atoms with Crippen molar-refractivity contribution in [3.63, 3.8) is 0 Å². The van der Waals surface area contributed by atoms with Crippen LogP contribution in [0.15, 0.2) is 31.1 Å². The van der Waals surface area contributed by atoms with Crippen LogP contribution < -0.4 is 5.32 Å². The van der Waals surface area contributed by atoms with Crippen molar-refractivity contribution >= 4 is 5.69 Å². The summed E-state index contributed by atoms with van der Waals surface area (Å²) in [5.41, 5.74) is 1.89. The molecule has 0 fully saturated rings. The second kappa shape index (κ2) is 3.87. The fourth-order valence-electron chi connectivity index (χ4n) is 1.20. The highest BCUT2D eigenvalue weighted by Gasteiger charge is 1.98. The lowest BCUT2D eigenvalue weighted by molar-refractivity contribution is 0.872. The highest BCUT2D eigenvalue weighted by atomic mass is 15.3. The summed E-state index contributed by atoms with van der Waals surface area (Å²) in [6.45, 7) is 2.92. The molecule has 72 valence electrons. The van der Waals surface area contributed by atoms with Crippen LogP contribution in [0.25, 0.3) is 5.69 Å². The largest absolute Gasteiger partial charge is 0.384 e. The van der Waals surface area contributed by atoms with Crippen LogP contribution in [-0.2, 0) is 0 Å². The zero-order valence-corrected chi connectivity index (χ0v) is 7.88. The first-order valence-corrected chi connectivity index (χ1v) is 4.44. The van der Waals surface area contributed by atoms with E-state index in [-0.39, 0.29) is 0 Å². The molecule has 2 rings (SSSR count).